The molecule has 4 atom stereocenters. The second kappa shape index (κ2) is 9.12. The van der Waals surface area contributed by atoms with Gasteiger partial charge in [0.15, 0.2) is 11.4 Å². The quantitative estimate of drug-likeness (QED) is 0.266. The molecule has 3 aliphatic rings. The molecule has 5 rings (SSSR count). The highest BCUT2D eigenvalue weighted by Gasteiger charge is 2.64. The van der Waals surface area contributed by atoms with Crippen LogP contribution in [0, 0.1) is 11.8 Å². The van der Waals surface area contributed by atoms with Crippen molar-refractivity contribution in [2.75, 3.05) is 14.1 Å². The van der Waals surface area contributed by atoms with Crippen LogP contribution >= 0.6 is 0 Å². The number of aliphatic hydroxyl groups excluding tert-OH is 2. The highest BCUT2D eigenvalue weighted by Crippen LogP contribution is 2.52. The van der Waals surface area contributed by atoms with E-state index in [9.17, 15) is 34.8 Å². The van der Waals surface area contributed by atoms with Gasteiger partial charge in [-0.2, -0.15) is 0 Å². The molecule has 0 saturated heterocycles. The number of hydrogen-bond donors (Lipinski definition) is 7. The zero-order valence-electron chi connectivity index (χ0n) is 21.0. The number of phenols is 1. The Morgan fingerprint density at radius 3 is 2.55 bits per heavy atom. The fraction of sp³-hybridized carbons (Fsp3) is 0.370. The maximum atomic E-state index is 13.8. The maximum absolute atomic E-state index is 13.8. The lowest BCUT2D eigenvalue weighted by Gasteiger charge is -2.50. The number of nitrogens with two attached hydrogens (primary N) is 1. The molecular weight excluding hydrogens is 492 g/mol. The molecule has 1 aromatic carbocycles. The van der Waals surface area contributed by atoms with Crippen LogP contribution in [0.2, 0.25) is 0 Å². The summed E-state index contributed by atoms with van der Waals surface area (Å²) in [4.78, 5) is 43.7. The minimum absolute atomic E-state index is 0.0523. The Hall–Kier alpha value is -3.93. The number of aliphatic hydroxyl groups is 3. The van der Waals surface area contributed by atoms with Crippen molar-refractivity contribution in [3.8, 4) is 5.75 Å². The van der Waals surface area contributed by atoms with Crippen molar-refractivity contribution in [1.29, 1.82) is 0 Å². The van der Waals surface area contributed by atoms with E-state index >= 15 is 0 Å². The van der Waals surface area contributed by atoms with E-state index in [1.807, 2.05) is 18.3 Å². The van der Waals surface area contributed by atoms with Crippen molar-refractivity contribution in [2.24, 2.45) is 17.6 Å². The predicted octanol–water partition coefficient (Wildman–Crippen LogP) is 0.582. The molecule has 0 bridgehead atoms. The van der Waals surface area contributed by atoms with Crippen LogP contribution in [-0.2, 0) is 33.9 Å². The van der Waals surface area contributed by atoms with Gasteiger partial charge in [0.25, 0.3) is 5.91 Å². The number of primary amides is 1. The molecule has 1 heterocycles. The first-order chi connectivity index (χ1) is 18.0. The number of benzene rings is 1. The first-order valence-corrected chi connectivity index (χ1v) is 12.3. The summed E-state index contributed by atoms with van der Waals surface area (Å²) < 4.78 is 0. The number of hydrogen-bond acceptors (Lipinski definition) is 9. The number of aromatic amines is 1. The van der Waals surface area contributed by atoms with Crippen molar-refractivity contribution >= 4 is 23.2 Å². The molecular formula is C27H30N4O7. The molecule has 1 aromatic heterocycles. The fourth-order valence-corrected chi connectivity index (χ4v) is 6.28. The number of H-pyrrole nitrogens is 1. The predicted molar refractivity (Wildman–Crippen MR) is 136 cm³/mol. The number of carbonyl (C=O) groups is 3. The first-order valence-electron chi connectivity index (χ1n) is 12.3. The lowest BCUT2D eigenvalue weighted by atomic mass is 9.57. The van der Waals surface area contributed by atoms with Crippen LogP contribution in [0.4, 0.5) is 0 Å². The van der Waals surface area contributed by atoms with Crippen molar-refractivity contribution < 1.29 is 34.8 Å². The van der Waals surface area contributed by atoms with E-state index in [0.717, 1.165) is 11.3 Å². The average Bonchev–Trinajstić information content (AvgIpc) is 3.36. The fourth-order valence-electron chi connectivity index (χ4n) is 6.28. The summed E-state index contributed by atoms with van der Waals surface area (Å²) in [5, 5.41) is 47.8. The zero-order valence-corrected chi connectivity index (χ0v) is 21.0. The van der Waals surface area contributed by atoms with Gasteiger partial charge in [-0.3, -0.25) is 19.3 Å². The average molecular weight is 523 g/mol. The van der Waals surface area contributed by atoms with E-state index in [2.05, 4.69) is 10.3 Å². The SMILES string of the molecule is CN(C)[C@H]1C(=O)C(C(N)=O)=C(O)[C@]2(O)C(=O)C3=C(O)c4c(O)ccc(CNCc5ccc[nH]5)c4C[C@@H]3C[C@@H]12. The summed E-state index contributed by atoms with van der Waals surface area (Å²) in [7, 11) is 3.14. The number of nitrogens with zero attached hydrogens (tertiary/aromatic N) is 1. The smallest absolute Gasteiger partial charge is 0.255 e. The Bertz CT molecular complexity index is 1410. The van der Waals surface area contributed by atoms with Crippen molar-refractivity contribution in [1.82, 2.24) is 15.2 Å². The molecule has 1 saturated carbocycles. The molecule has 0 aliphatic heterocycles. The van der Waals surface area contributed by atoms with Gasteiger partial charge in [0.2, 0.25) is 5.78 Å². The number of nitrogens with one attached hydrogen (secondary N) is 2. The van der Waals surface area contributed by atoms with E-state index in [-0.39, 0.29) is 29.7 Å². The van der Waals surface area contributed by atoms with Crippen LogP contribution in [0.3, 0.4) is 0 Å². The molecule has 8 N–H and O–H groups in total. The third kappa shape index (κ3) is 3.65. The number of phenolic OH excluding ortho intramolecular Hbond substituents is 1. The number of ketones is 2. The summed E-state index contributed by atoms with van der Waals surface area (Å²) in [5.41, 5.74) is 4.24. The maximum Gasteiger partial charge on any atom is 0.255 e. The van der Waals surface area contributed by atoms with Gasteiger partial charge < -0.3 is 36.5 Å². The number of carbonyl (C=O) groups excluding carboxylic acids is 3. The van der Waals surface area contributed by atoms with Gasteiger partial charge in [0.05, 0.1) is 11.6 Å². The summed E-state index contributed by atoms with van der Waals surface area (Å²) in [6.45, 7) is 0.982. The lowest BCUT2D eigenvalue weighted by molar-refractivity contribution is -0.153. The minimum Gasteiger partial charge on any atom is -0.508 e. The first kappa shape index (κ1) is 25.7. The molecule has 11 heteroatoms. The highest BCUT2D eigenvalue weighted by atomic mass is 16.3. The highest BCUT2D eigenvalue weighted by molar-refractivity contribution is 6.24. The second-order valence-corrected chi connectivity index (χ2v) is 10.4. The number of aromatic nitrogens is 1. The van der Waals surface area contributed by atoms with Crippen LogP contribution in [0.5, 0.6) is 5.75 Å². The van der Waals surface area contributed by atoms with E-state index in [1.165, 1.54) is 11.0 Å². The van der Waals surface area contributed by atoms with Crippen LogP contribution in [0.25, 0.3) is 5.76 Å². The van der Waals surface area contributed by atoms with E-state index < -0.39 is 58.0 Å². The molecule has 200 valence electrons. The number of likely N-dealkylation sites (N-methyl/N-ethyl adjacent to an activating group) is 1. The van der Waals surface area contributed by atoms with E-state index in [0.29, 0.717) is 18.7 Å². The molecule has 1 amide bonds. The van der Waals surface area contributed by atoms with E-state index in [4.69, 9.17) is 5.73 Å². The topological polar surface area (TPSA) is 189 Å². The summed E-state index contributed by atoms with van der Waals surface area (Å²) >= 11 is 0. The van der Waals surface area contributed by atoms with Crippen LogP contribution in [0.15, 0.2) is 47.4 Å². The molecule has 3 aliphatic carbocycles. The Labute approximate surface area is 218 Å². The van der Waals surface area contributed by atoms with Crippen molar-refractivity contribution in [2.45, 2.75) is 37.6 Å². The van der Waals surface area contributed by atoms with Crippen LogP contribution in [-0.4, -0.2) is 73.5 Å². The van der Waals surface area contributed by atoms with Gasteiger partial charge in [-0.15, -0.1) is 0 Å². The summed E-state index contributed by atoms with van der Waals surface area (Å²) in [5.74, 6) is -6.60. The number of fused-ring (bicyclic) bond motifs is 3. The minimum atomic E-state index is -2.64. The second-order valence-electron chi connectivity index (χ2n) is 10.4. The number of amides is 1. The monoisotopic (exact) mass is 522 g/mol. The Kier molecular flexibility index (Phi) is 6.17. The Morgan fingerprint density at radius 2 is 1.92 bits per heavy atom. The van der Waals surface area contributed by atoms with Gasteiger partial charge in [0, 0.05) is 36.5 Å². The molecule has 1 fully saturated rings. The Morgan fingerprint density at radius 1 is 1.18 bits per heavy atom. The third-order valence-corrected chi connectivity index (χ3v) is 7.99. The number of aromatic hydroxyl groups is 1. The third-order valence-electron chi connectivity index (χ3n) is 7.99. The summed E-state index contributed by atoms with van der Waals surface area (Å²) in [6.07, 6.45) is 2.13. The molecule has 38 heavy (non-hydrogen) atoms. The molecule has 11 nitrogen and oxygen atoms in total. The zero-order chi connectivity index (χ0) is 27.5. The standard InChI is InChI=1S/C27H30N4O7/c1-31(2)21-16-9-13-8-15-12(10-29-11-14-4-3-7-30-14)5-6-17(32)19(15)22(33)18(13)24(35)27(16,38)25(36)20(23(21)34)26(28)37/h3-7,13,16,21,29-30,32-33,36,38H,8-11H2,1-2H3,(H2,28,37)/t13-,16+,21-,27-/m1/s1. The molecule has 0 spiro atoms. The van der Waals surface area contributed by atoms with Crippen LogP contribution < -0.4 is 11.1 Å². The molecule has 0 unspecified atom stereocenters. The molecule has 0 radical (unpaired) electrons. The normalized spacial score (nSPS) is 26.9. The van der Waals surface area contributed by atoms with Gasteiger partial charge in [-0.25, -0.2) is 0 Å². The van der Waals surface area contributed by atoms with Crippen molar-refractivity contribution in [3.05, 3.63) is 69.8 Å². The van der Waals surface area contributed by atoms with Gasteiger partial charge in [-0.1, -0.05) is 6.07 Å². The number of rotatable bonds is 6. The Balaban J connectivity index is 1.60. The number of Topliss-reactive ketones (excluding diaryl/α,β-unsaturated/α-hetero) is 2. The largest absolute Gasteiger partial charge is 0.508 e. The summed E-state index contributed by atoms with van der Waals surface area (Å²) in [6, 6.07) is 5.89. The van der Waals surface area contributed by atoms with Crippen molar-refractivity contribution in [3.63, 3.8) is 0 Å². The molecule has 2 aromatic rings. The van der Waals surface area contributed by atoms with Gasteiger partial charge in [0.1, 0.15) is 22.8 Å². The van der Waals surface area contributed by atoms with Gasteiger partial charge in [-0.05, 0) is 62.2 Å². The van der Waals surface area contributed by atoms with Gasteiger partial charge >= 0.3 is 0 Å². The lowest BCUT2D eigenvalue weighted by Crippen LogP contribution is -2.65. The van der Waals surface area contributed by atoms with Crippen LogP contribution in [0.1, 0.15) is 28.8 Å². The van der Waals surface area contributed by atoms with E-state index in [1.54, 1.807) is 20.2 Å².